The molecule has 0 spiro atoms. The van der Waals surface area contributed by atoms with Gasteiger partial charge in [-0.25, -0.2) is 4.98 Å². The highest BCUT2D eigenvalue weighted by molar-refractivity contribution is 9.10. The fraction of sp³-hybridized carbons (Fsp3) is 0. The number of halogens is 1. The van der Waals surface area contributed by atoms with E-state index >= 15 is 0 Å². The zero-order valence-corrected chi connectivity index (χ0v) is 10.3. The van der Waals surface area contributed by atoms with Crippen LogP contribution in [0, 0.1) is 0 Å². The highest BCUT2D eigenvalue weighted by Crippen LogP contribution is 2.28. The topological polar surface area (TPSA) is 50.4 Å². The van der Waals surface area contributed by atoms with Gasteiger partial charge in [-0.15, -0.1) is 0 Å². The van der Waals surface area contributed by atoms with E-state index in [1.165, 1.54) is 4.52 Å². The monoisotopic (exact) mass is 289 g/mol. The first-order valence-corrected chi connectivity index (χ1v) is 5.84. The van der Waals surface area contributed by atoms with Crippen LogP contribution in [0.25, 0.3) is 16.9 Å². The van der Waals surface area contributed by atoms with E-state index < -0.39 is 0 Å². The molecule has 1 N–H and O–H groups in total. The summed E-state index contributed by atoms with van der Waals surface area (Å²) < 4.78 is 2.06. The van der Waals surface area contributed by atoms with Crippen LogP contribution in [0.2, 0.25) is 0 Å². The summed E-state index contributed by atoms with van der Waals surface area (Å²) in [6.07, 6.45) is 0. The SMILES string of the molecule is Oc1c(-c2ccccc2)nc2ccc(Br)nn12. The van der Waals surface area contributed by atoms with Gasteiger partial charge in [-0.1, -0.05) is 30.3 Å². The number of aromatic nitrogens is 3. The Balaban J connectivity index is 2.28. The maximum Gasteiger partial charge on any atom is 0.241 e. The minimum absolute atomic E-state index is 0.0486. The minimum atomic E-state index is 0.0486. The zero-order chi connectivity index (χ0) is 11.8. The van der Waals surface area contributed by atoms with E-state index in [0.29, 0.717) is 15.9 Å². The molecule has 84 valence electrons. The van der Waals surface area contributed by atoms with Crippen molar-refractivity contribution in [2.75, 3.05) is 0 Å². The molecule has 5 heteroatoms. The molecule has 0 unspecified atom stereocenters. The fourth-order valence-electron chi connectivity index (χ4n) is 1.69. The second kappa shape index (κ2) is 3.85. The smallest absolute Gasteiger partial charge is 0.241 e. The molecule has 4 nitrogen and oxygen atoms in total. The molecule has 0 aliphatic carbocycles. The Bertz CT molecular complexity index is 679. The van der Waals surface area contributed by atoms with Gasteiger partial charge in [0.15, 0.2) is 5.65 Å². The van der Waals surface area contributed by atoms with Crippen molar-refractivity contribution >= 4 is 21.6 Å². The number of hydrogen-bond acceptors (Lipinski definition) is 3. The van der Waals surface area contributed by atoms with Crippen LogP contribution in [0.3, 0.4) is 0 Å². The van der Waals surface area contributed by atoms with Crippen LogP contribution in [0.15, 0.2) is 47.1 Å². The minimum Gasteiger partial charge on any atom is -0.492 e. The summed E-state index contributed by atoms with van der Waals surface area (Å²) in [7, 11) is 0. The van der Waals surface area contributed by atoms with Gasteiger partial charge in [0.05, 0.1) is 0 Å². The Morgan fingerprint density at radius 3 is 2.59 bits per heavy atom. The first kappa shape index (κ1) is 10.3. The molecule has 3 aromatic rings. The van der Waals surface area contributed by atoms with Gasteiger partial charge in [0.1, 0.15) is 10.3 Å². The van der Waals surface area contributed by atoms with Gasteiger partial charge >= 0.3 is 0 Å². The van der Waals surface area contributed by atoms with Crippen molar-refractivity contribution in [2.24, 2.45) is 0 Å². The Morgan fingerprint density at radius 2 is 1.82 bits per heavy atom. The molecular weight excluding hydrogens is 282 g/mol. The molecule has 0 aliphatic rings. The predicted molar refractivity (Wildman–Crippen MR) is 67.8 cm³/mol. The summed E-state index contributed by atoms with van der Waals surface area (Å²) in [5, 5.41) is 14.2. The van der Waals surface area contributed by atoms with Gasteiger partial charge in [-0.3, -0.25) is 0 Å². The molecule has 1 aromatic carbocycles. The van der Waals surface area contributed by atoms with Crippen molar-refractivity contribution in [3.63, 3.8) is 0 Å². The summed E-state index contributed by atoms with van der Waals surface area (Å²) in [5.41, 5.74) is 2.02. The number of aromatic hydroxyl groups is 1. The molecule has 2 aromatic heterocycles. The van der Waals surface area contributed by atoms with Crippen LogP contribution in [-0.4, -0.2) is 19.7 Å². The normalized spacial score (nSPS) is 10.9. The highest BCUT2D eigenvalue weighted by atomic mass is 79.9. The molecule has 0 saturated carbocycles. The Morgan fingerprint density at radius 1 is 1.06 bits per heavy atom. The second-order valence-corrected chi connectivity index (χ2v) is 4.39. The van der Waals surface area contributed by atoms with Crippen LogP contribution in [0.1, 0.15) is 0 Å². The Kier molecular flexibility index (Phi) is 2.33. The lowest BCUT2D eigenvalue weighted by Crippen LogP contribution is -1.90. The molecule has 0 bridgehead atoms. The van der Waals surface area contributed by atoms with E-state index in [0.717, 1.165) is 5.56 Å². The molecule has 0 saturated heterocycles. The molecular formula is C12H8BrN3O. The van der Waals surface area contributed by atoms with Crippen molar-refractivity contribution in [3.05, 3.63) is 47.1 Å². The van der Waals surface area contributed by atoms with Crippen molar-refractivity contribution in [1.82, 2.24) is 14.6 Å². The number of fused-ring (bicyclic) bond motifs is 1. The maximum atomic E-state index is 10.1. The summed E-state index contributed by atoms with van der Waals surface area (Å²) in [5.74, 6) is 0.0486. The molecule has 0 amide bonds. The summed E-state index contributed by atoms with van der Waals surface area (Å²) in [4.78, 5) is 4.35. The predicted octanol–water partition coefficient (Wildman–Crippen LogP) is 2.86. The van der Waals surface area contributed by atoms with E-state index in [4.69, 9.17) is 0 Å². The Hall–Kier alpha value is -1.88. The largest absolute Gasteiger partial charge is 0.492 e. The number of nitrogens with zero attached hydrogens (tertiary/aromatic N) is 3. The quantitative estimate of drug-likeness (QED) is 0.749. The Labute approximate surface area is 106 Å². The number of rotatable bonds is 1. The number of imidazole rings is 1. The molecule has 0 aliphatic heterocycles. The van der Waals surface area contributed by atoms with E-state index in [1.54, 1.807) is 12.1 Å². The molecule has 0 fully saturated rings. The molecule has 2 heterocycles. The maximum absolute atomic E-state index is 10.1. The third-order valence-electron chi connectivity index (χ3n) is 2.47. The van der Waals surface area contributed by atoms with Gasteiger partial charge in [0.25, 0.3) is 0 Å². The first-order valence-electron chi connectivity index (χ1n) is 5.05. The van der Waals surface area contributed by atoms with E-state index in [-0.39, 0.29) is 5.88 Å². The number of hydrogen-bond donors (Lipinski definition) is 1. The second-order valence-electron chi connectivity index (χ2n) is 3.58. The fourth-order valence-corrected chi connectivity index (χ4v) is 1.98. The van der Waals surface area contributed by atoms with Gasteiger partial charge in [-0.2, -0.15) is 9.61 Å². The van der Waals surface area contributed by atoms with E-state index in [9.17, 15) is 5.11 Å². The molecule has 0 atom stereocenters. The van der Waals surface area contributed by atoms with Gasteiger partial charge in [-0.05, 0) is 28.1 Å². The van der Waals surface area contributed by atoms with Gasteiger partial charge in [0.2, 0.25) is 5.88 Å². The first-order chi connectivity index (χ1) is 8.25. The highest BCUT2D eigenvalue weighted by Gasteiger charge is 2.13. The third kappa shape index (κ3) is 1.68. The lowest BCUT2D eigenvalue weighted by molar-refractivity contribution is 0.440. The van der Waals surface area contributed by atoms with Crippen LogP contribution in [0.4, 0.5) is 0 Å². The standard InChI is InChI=1S/C12H8BrN3O/c13-9-6-7-10-14-11(12(17)16(10)15-9)8-4-2-1-3-5-8/h1-7,17H. The third-order valence-corrected chi connectivity index (χ3v) is 2.89. The summed E-state index contributed by atoms with van der Waals surface area (Å²) in [6, 6.07) is 13.1. The molecule has 3 rings (SSSR count). The summed E-state index contributed by atoms with van der Waals surface area (Å²) >= 11 is 3.26. The lowest BCUT2D eigenvalue weighted by Gasteiger charge is -1.96. The average molecular weight is 290 g/mol. The zero-order valence-electron chi connectivity index (χ0n) is 8.71. The van der Waals surface area contributed by atoms with Crippen LogP contribution >= 0.6 is 15.9 Å². The van der Waals surface area contributed by atoms with E-state index in [1.807, 2.05) is 30.3 Å². The van der Waals surface area contributed by atoms with Crippen molar-refractivity contribution in [1.29, 1.82) is 0 Å². The number of benzene rings is 1. The van der Waals surface area contributed by atoms with Crippen LogP contribution in [-0.2, 0) is 0 Å². The van der Waals surface area contributed by atoms with E-state index in [2.05, 4.69) is 26.0 Å². The summed E-state index contributed by atoms with van der Waals surface area (Å²) in [6.45, 7) is 0. The molecule has 17 heavy (non-hydrogen) atoms. The van der Waals surface area contributed by atoms with Crippen molar-refractivity contribution in [2.45, 2.75) is 0 Å². The molecule has 0 radical (unpaired) electrons. The van der Waals surface area contributed by atoms with Crippen LogP contribution in [0.5, 0.6) is 5.88 Å². The lowest BCUT2D eigenvalue weighted by atomic mass is 10.2. The van der Waals surface area contributed by atoms with Gasteiger partial charge < -0.3 is 5.11 Å². The van der Waals surface area contributed by atoms with Crippen molar-refractivity contribution < 1.29 is 5.11 Å². The van der Waals surface area contributed by atoms with Crippen molar-refractivity contribution in [3.8, 4) is 17.1 Å². The van der Waals surface area contributed by atoms with Gasteiger partial charge in [0, 0.05) is 5.56 Å². The van der Waals surface area contributed by atoms with Crippen LogP contribution < -0.4 is 0 Å². The average Bonchev–Trinajstić information content (AvgIpc) is 2.68.